The molecule has 0 bridgehead atoms. The zero-order chi connectivity index (χ0) is 23.5. The Balaban J connectivity index is 1.31. The Morgan fingerprint density at radius 3 is 2.91 bits per heavy atom. The number of aromatic nitrogens is 3. The Morgan fingerprint density at radius 2 is 2.03 bits per heavy atom. The van der Waals surface area contributed by atoms with E-state index in [0.717, 1.165) is 57.9 Å². The fourth-order valence-corrected chi connectivity index (χ4v) is 4.23. The summed E-state index contributed by atoms with van der Waals surface area (Å²) in [6, 6.07) is 15.8. The van der Waals surface area contributed by atoms with Crippen molar-refractivity contribution in [2.24, 2.45) is 0 Å². The van der Waals surface area contributed by atoms with Gasteiger partial charge in [-0.1, -0.05) is 24.3 Å². The minimum absolute atomic E-state index is 0.115. The van der Waals surface area contributed by atoms with E-state index >= 15 is 0 Å². The molecule has 1 aliphatic rings. The third kappa shape index (κ3) is 4.22. The molecule has 4 aromatic rings. The van der Waals surface area contributed by atoms with Crippen molar-refractivity contribution in [3.05, 3.63) is 72.2 Å². The number of carbonyl (C=O) groups is 1. The molecule has 0 atom stereocenters. The third-order valence-electron chi connectivity index (χ3n) is 6.04. The van der Waals surface area contributed by atoms with Gasteiger partial charge in [-0.25, -0.2) is 9.97 Å². The van der Waals surface area contributed by atoms with E-state index < -0.39 is 0 Å². The second kappa shape index (κ2) is 9.35. The maximum Gasteiger partial charge on any atom is 0.251 e. The van der Waals surface area contributed by atoms with Crippen LogP contribution in [0.2, 0.25) is 0 Å². The molecule has 3 heterocycles. The Kier molecular flexibility index (Phi) is 5.95. The SMILES string of the molecule is CNC(=O)c1ccnc2c(CCNc3cc(-c4ccc5c(c4)OCCN5C)ncn3)cccc12. The van der Waals surface area contributed by atoms with Gasteiger partial charge in [-0.3, -0.25) is 9.78 Å². The average molecular weight is 455 g/mol. The van der Waals surface area contributed by atoms with E-state index in [4.69, 9.17) is 4.74 Å². The number of ether oxygens (including phenoxy) is 1. The van der Waals surface area contributed by atoms with Gasteiger partial charge in [-0.2, -0.15) is 0 Å². The van der Waals surface area contributed by atoms with Gasteiger partial charge in [-0.05, 0) is 30.2 Å². The van der Waals surface area contributed by atoms with Gasteiger partial charge in [0, 0.05) is 43.9 Å². The van der Waals surface area contributed by atoms with Crippen LogP contribution in [0.25, 0.3) is 22.2 Å². The van der Waals surface area contributed by atoms with Crippen molar-refractivity contribution in [3.63, 3.8) is 0 Å². The van der Waals surface area contributed by atoms with E-state index in [2.05, 4.69) is 49.7 Å². The summed E-state index contributed by atoms with van der Waals surface area (Å²) < 4.78 is 5.83. The molecule has 1 amide bonds. The number of para-hydroxylation sites is 1. The van der Waals surface area contributed by atoms with Crippen LogP contribution in [0, 0.1) is 0 Å². The molecule has 0 spiro atoms. The molecule has 0 radical (unpaired) electrons. The lowest BCUT2D eigenvalue weighted by molar-refractivity contribution is 0.0964. The van der Waals surface area contributed by atoms with E-state index in [0.29, 0.717) is 18.7 Å². The van der Waals surface area contributed by atoms with Crippen LogP contribution in [0.1, 0.15) is 15.9 Å². The van der Waals surface area contributed by atoms with Crippen LogP contribution in [0.4, 0.5) is 11.5 Å². The van der Waals surface area contributed by atoms with Gasteiger partial charge in [0.1, 0.15) is 24.5 Å². The Bertz CT molecular complexity index is 1360. The van der Waals surface area contributed by atoms with Gasteiger partial charge in [0.25, 0.3) is 5.91 Å². The van der Waals surface area contributed by atoms with Crippen LogP contribution >= 0.6 is 0 Å². The van der Waals surface area contributed by atoms with Crippen molar-refractivity contribution < 1.29 is 9.53 Å². The second-order valence-corrected chi connectivity index (χ2v) is 8.17. The van der Waals surface area contributed by atoms with Gasteiger partial charge < -0.3 is 20.3 Å². The lowest BCUT2D eigenvalue weighted by Crippen LogP contribution is -2.28. The highest BCUT2D eigenvalue weighted by atomic mass is 16.5. The maximum absolute atomic E-state index is 12.2. The highest BCUT2D eigenvalue weighted by molar-refractivity contribution is 6.06. The Morgan fingerprint density at radius 1 is 1.12 bits per heavy atom. The van der Waals surface area contributed by atoms with Crippen molar-refractivity contribution in [2.45, 2.75) is 6.42 Å². The van der Waals surface area contributed by atoms with Crippen LogP contribution < -0.4 is 20.3 Å². The monoisotopic (exact) mass is 454 g/mol. The minimum atomic E-state index is -0.115. The number of hydrogen-bond acceptors (Lipinski definition) is 7. The summed E-state index contributed by atoms with van der Waals surface area (Å²) in [4.78, 5) is 27.8. The largest absolute Gasteiger partial charge is 0.490 e. The van der Waals surface area contributed by atoms with Gasteiger partial charge in [0.2, 0.25) is 0 Å². The topological polar surface area (TPSA) is 92.3 Å². The Labute approximate surface area is 198 Å². The molecule has 0 saturated carbocycles. The standard InChI is InChI=1S/C26H26N6O2/c1-27-26(33)20-9-11-29-25-17(4-3-5-19(20)25)8-10-28-24-15-21(30-16-31-24)18-6-7-22-23(14-18)34-13-12-32(22)2/h3-7,9,11,14-16H,8,10,12-13H2,1-2H3,(H,27,33)(H,28,30,31). The van der Waals surface area contributed by atoms with Crippen LogP contribution in [-0.4, -0.2) is 54.7 Å². The van der Waals surface area contributed by atoms with E-state index in [1.165, 1.54) is 0 Å². The highest BCUT2D eigenvalue weighted by Gasteiger charge is 2.16. The first-order valence-electron chi connectivity index (χ1n) is 11.3. The summed E-state index contributed by atoms with van der Waals surface area (Å²) in [5, 5.41) is 6.93. The number of amides is 1. The van der Waals surface area contributed by atoms with E-state index in [9.17, 15) is 4.79 Å². The fourth-order valence-electron chi connectivity index (χ4n) is 4.23. The summed E-state index contributed by atoms with van der Waals surface area (Å²) in [5.41, 5.74) is 5.45. The normalized spacial score (nSPS) is 12.7. The fraction of sp³-hybridized carbons (Fsp3) is 0.231. The number of likely N-dealkylation sites (N-methyl/N-ethyl adjacent to an activating group) is 1. The molecular formula is C26H26N6O2. The van der Waals surface area contributed by atoms with Crippen molar-refractivity contribution in [1.29, 1.82) is 0 Å². The number of benzene rings is 2. The molecule has 2 N–H and O–H groups in total. The molecule has 2 aromatic carbocycles. The molecule has 172 valence electrons. The quantitative estimate of drug-likeness (QED) is 0.460. The molecule has 8 heteroatoms. The van der Waals surface area contributed by atoms with E-state index in [1.807, 2.05) is 30.3 Å². The molecule has 0 aliphatic carbocycles. The van der Waals surface area contributed by atoms with E-state index in [-0.39, 0.29) is 5.91 Å². The second-order valence-electron chi connectivity index (χ2n) is 8.17. The first-order valence-corrected chi connectivity index (χ1v) is 11.3. The summed E-state index contributed by atoms with van der Waals surface area (Å²) in [6.45, 7) is 2.23. The Hall–Kier alpha value is -4.20. The van der Waals surface area contributed by atoms with E-state index in [1.54, 1.807) is 25.6 Å². The minimum Gasteiger partial charge on any atom is -0.490 e. The molecule has 34 heavy (non-hydrogen) atoms. The lowest BCUT2D eigenvalue weighted by atomic mass is 10.0. The molecule has 5 rings (SSSR count). The smallest absolute Gasteiger partial charge is 0.251 e. The number of anilines is 2. The molecule has 0 saturated heterocycles. The van der Waals surface area contributed by atoms with Crippen LogP contribution in [0.5, 0.6) is 5.75 Å². The summed E-state index contributed by atoms with van der Waals surface area (Å²) >= 11 is 0. The first kappa shape index (κ1) is 21.6. The predicted molar refractivity (Wildman–Crippen MR) is 134 cm³/mol. The van der Waals surface area contributed by atoms with Crippen LogP contribution in [0.3, 0.4) is 0 Å². The molecule has 0 fully saturated rings. The lowest BCUT2D eigenvalue weighted by Gasteiger charge is -2.27. The van der Waals surface area contributed by atoms with Crippen molar-refractivity contribution in [1.82, 2.24) is 20.3 Å². The highest BCUT2D eigenvalue weighted by Crippen LogP contribution is 2.34. The molecule has 0 unspecified atom stereocenters. The maximum atomic E-state index is 12.2. The number of fused-ring (bicyclic) bond motifs is 2. The number of nitrogens with zero attached hydrogens (tertiary/aromatic N) is 4. The number of pyridine rings is 1. The molecular weight excluding hydrogens is 428 g/mol. The van der Waals surface area contributed by atoms with Crippen LogP contribution in [0.15, 0.2) is 61.1 Å². The van der Waals surface area contributed by atoms with Gasteiger partial charge >= 0.3 is 0 Å². The van der Waals surface area contributed by atoms with Crippen molar-refractivity contribution in [2.75, 3.05) is 44.0 Å². The van der Waals surface area contributed by atoms with Crippen molar-refractivity contribution >= 4 is 28.3 Å². The summed E-state index contributed by atoms with van der Waals surface area (Å²) in [5.74, 6) is 1.51. The zero-order valence-electron chi connectivity index (χ0n) is 19.2. The average Bonchev–Trinajstić information content (AvgIpc) is 2.88. The summed E-state index contributed by atoms with van der Waals surface area (Å²) in [7, 11) is 3.70. The van der Waals surface area contributed by atoms with Crippen LogP contribution in [-0.2, 0) is 6.42 Å². The third-order valence-corrected chi connectivity index (χ3v) is 6.04. The zero-order valence-corrected chi connectivity index (χ0v) is 19.2. The molecule has 2 aromatic heterocycles. The number of nitrogens with one attached hydrogen (secondary N) is 2. The number of hydrogen-bond donors (Lipinski definition) is 2. The molecule has 8 nitrogen and oxygen atoms in total. The van der Waals surface area contributed by atoms with Crippen molar-refractivity contribution in [3.8, 4) is 17.0 Å². The number of carbonyl (C=O) groups excluding carboxylic acids is 1. The summed E-state index contributed by atoms with van der Waals surface area (Å²) in [6.07, 6.45) is 3.99. The van der Waals surface area contributed by atoms with Gasteiger partial charge in [-0.15, -0.1) is 0 Å². The predicted octanol–water partition coefficient (Wildman–Crippen LogP) is 3.53. The first-order chi connectivity index (χ1) is 16.6. The van der Waals surface area contributed by atoms with Gasteiger partial charge in [0.05, 0.1) is 29.0 Å². The number of rotatable bonds is 6. The van der Waals surface area contributed by atoms with Gasteiger partial charge in [0.15, 0.2) is 0 Å². The molecule has 1 aliphatic heterocycles.